The van der Waals surface area contributed by atoms with Gasteiger partial charge in [-0.25, -0.2) is 4.79 Å². The summed E-state index contributed by atoms with van der Waals surface area (Å²) < 4.78 is 0. The van der Waals surface area contributed by atoms with E-state index in [1.165, 1.54) is 0 Å². The van der Waals surface area contributed by atoms with Gasteiger partial charge in [-0.3, -0.25) is 4.79 Å². The first-order chi connectivity index (χ1) is 9.81. The van der Waals surface area contributed by atoms with Crippen LogP contribution in [0.25, 0.3) is 0 Å². The van der Waals surface area contributed by atoms with Gasteiger partial charge in [0.1, 0.15) is 5.54 Å². The van der Waals surface area contributed by atoms with E-state index in [1.807, 2.05) is 25.1 Å². The van der Waals surface area contributed by atoms with Crippen molar-refractivity contribution in [2.45, 2.75) is 38.8 Å². The summed E-state index contributed by atoms with van der Waals surface area (Å²) in [6.45, 7) is 5.67. The Morgan fingerprint density at radius 1 is 1.23 bits per heavy atom. The van der Waals surface area contributed by atoms with Crippen molar-refractivity contribution in [2.24, 2.45) is 5.73 Å². The zero-order valence-electron chi connectivity index (χ0n) is 13.2. The number of benzene rings is 1. The number of halogens is 1. The monoisotopic (exact) mass is 328 g/mol. The average molecular weight is 329 g/mol. The van der Waals surface area contributed by atoms with Gasteiger partial charge in [-0.2, -0.15) is 0 Å². The Morgan fingerprint density at radius 2 is 1.82 bits per heavy atom. The van der Waals surface area contributed by atoms with Crippen molar-refractivity contribution in [3.05, 3.63) is 30.3 Å². The van der Waals surface area contributed by atoms with Crippen molar-refractivity contribution in [1.29, 1.82) is 0 Å². The third kappa shape index (κ3) is 7.28. The van der Waals surface area contributed by atoms with Gasteiger partial charge in [-0.1, -0.05) is 18.2 Å². The van der Waals surface area contributed by atoms with Crippen LogP contribution in [0.3, 0.4) is 0 Å². The van der Waals surface area contributed by atoms with Gasteiger partial charge in [0.2, 0.25) is 5.91 Å². The summed E-state index contributed by atoms with van der Waals surface area (Å²) >= 11 is 0. The summed E-state index contributed by atoms with van der Waals surface area (Å²) in [7, 11) is 0. The summed E-state index contributed by atoms with van der Waals surface area (Å²) in [5.41, 5.74) is 5.29. The first kappa shape index (κ1) is 20.2. The molecule has 124 valence electrons. The number of anilines is 1. The predicted octanol–water partition coefficient (Wildman–Crippen LogP) is 1.86. The highest BCUT2D eigenvalue weighted by molar-refractivity contribution is 5.95. The summed E-state index contributed by atoms with van der Waals surface area (Å²) in [6.07, 6.45) is 0.692. The number of hydrogen-bond acceptors (Lipinski definition) is 3. The molecule has 7 heteroatoms. The second kappa shape index (κ2) is 9.27. The molecule has 1 aromatic rings. The Kier molecular flexibility index (Phi) is 8.52. The number of urea groups is 1. The highest BCUT2D eigenvalue weighted by Crippen LogP contribution is 2.07. The molecule has 0 spiro atoms. The lowest BCUT2D eigenvalue weighted by Crippen LogP contribution is -2.56. The molecular formula is C15H25ClN4O2. The van der Waals surface area contributed by atoms with Crippen LogP contribution in [0, 0.1) is 0 Å². The molecule has 6 nitrogen and oxygen atoms in total. The standard InChI is InChI=1S/C15H24N4O2.ClH/c1-11(16)9-10-17-13(20)15(2,3)19-14(21)18-12-7-5-4-6-8-12;/h4-8,11H,9-10,16H2,1-3H3,(H,17,20)(H2,18,19,21);1H. The van der Waals surface area contributed by atoms with Gasteiger partial charge in [0.15, 0.2) is 0 Å². The lowest BCUT2D eigenvalue weighted by Gasteiger charge is -2.25. The molecule has 0 aliphatic carbocycles. The average Bonchev–Trinajstić information content (AvgIpc) is 2.38. The van der Waals surface area contributed by atoms with Gasteiger partial charge in [0.25, 0.3) is 0 Å². The number of amides is 3. The zero-order chi connectivity index (χ0) is 15.9. The predicted molar refractivity (Wildman–Crippen MR) is 91.2 cm³/mol. The van der Waals surface area contributed by atoms with E-state index in [4.69, 9.17) is 5.73 Å². The minimum Gasteiger partial charge on any atom is -0.354 e. The van der Waals surface area contributed by atoms with E-state index in [9.17, 15) is 9.59 Å². The zero-order valence-corrected chi connectivity index (χ0v) is 14.0. The number of hydrogen-bond donors (Lipinski definition) is 4. The van der Waals surface area contributed by atoms with Crippen LogP contribution in [0.15, 0.2) is 30.3 Å². The first-order valence-corrected chi connectivity index (χ1v) is 6.99. The van der Waals surface area contributed by atoms with Crippen LogP contribution >= 0.6 is 12.4 Å². The number of carbonyl (C=O) groups is 2. The number of carbonyl (C=O) groups excluding carboxylic acids is 2. The fourth-order valence-electron chi connectivity index (χ4n) is 1.66. The van der Waals surface area contributed by atoms with Crippen LogP contribution < -0.4 is 21.7 Å². The molecule has 5 N–H and O–H groups in total. The molecule has 1 atom stereocenters. The molecule has 1 aromatic carbocycles. The summed E-state index contributed by atoms with van der Waals surface area (Å²) in [5.74, 6) is -0.244. The number of nitrogens with two attached hydrogens (primary N) is 1. The van der Waals surface area contributed by atoms with Crippen molar-refractivity contribution in [2.75, 3.05) is 11.9 Å². The molecule has 0 heterocycles. The SMILES string of the molecule is CC(N)CCNC(=O)C(C)(C)NC(=O)Nc1ccccc1.Cl. The Labute approximate surface area is 137 Å². The maximum absolute atomic E-state index is 12.0. The number of nitrogens with one attached hydrogen (secondary N) is 3. The van der Waals surface area contributed by atoms with E-state index in [2.05, 4.69) is 16.0 Å². The molecule has 0 fully saturated rings. The molecule has 1 unspecified atom stereocenters. The lowest BCUT2D eigenvalue weighted by molar-refractivity contribution is -0.126. The van der Waals surface area contributed by atoms with Crippen molar-refractivity contribution in [3.8, 4) is 0 Å². The fraction of sp³-hybridized carbons (Fsp3) is 0.467. The van der Waals surface area contributed by atoms with Gasteiger partial charge < -0.3 is 21.7 Å². The van der Waals surface area contributed by atoms with E-state index in [0.29, 0.717) is 18.7 Å². The normalized spacial score (nSPS) is 11.8. The first-order valence-electron chi connectivity index (χ1n) is 6.99. The molecule has 0 aliphatic rings. The molecule has 0 aromatic heterocycles. The fourth-order valence-corrected chi connectivity index (χ4v) is 1.66. The molecule has 0 saturated heterocycles. The van der Waals surface area contributed by atoms with Crippen molar-refractivity contribution in [1.82, 2.24) is 10.6 Å². The second-order valence-corrected chi connectivity index (χ2v) is 5.59. The van der Waals surface area contributed by atoms with Gasteiger partial charge in [0.05, 0.1) is 0 Å². The Balaban J connectivity index is 0.00000441. The third-order valence-corrected chi connectivity index (χ3v) is 2.91. The molecule has 0 radical (unpaired) electrons. The molecule has 0 saturated carbocycles. The Morgan fingerprint density at radius 3 is 2.36 bits per heavy atom. The summed E-state index contributed by atoms with van der Waals surface area (Å²) in [4.78, 5) is 23.9. The van der Waals surface area contributed by atoms with Crippen molar-refractivity contribution >= 4 is 30.0 Å². The van der Waals surface area contributed by atoms with E-state index < -0.39 is 11.6 Å². The largest absolute Gasteiger partial charge is 0.354 e. The van der Waals surface area contributed by atoms with Crippen LogP contribution in [-0.2, 0) is 4.79 Å². The van der Waals surface area contributed by atoms with Crippen molar-refractivity contribution < 1.29 is 9.59 Å². The Bertz CT molecular complexity index is 478. The van der Waals surface area contributed by atoms with Gasteiger partial charge in [-0.05, 0) is 39.3 Å². The third-order valence-electron chi connectivity index (χ3n) is 2.91. The van der Waals surface area contributed by atoms with Crippen molar-refractivity contribution in [3.63, 3.8) is 0 Å². The van der Waals surface area contributed by atoms with Crippen LogP contribution in [0.5, 0.6) is 0 Å². The van der Waals surface area contributed by atoms with Crippen LogP contribution in [-0.4, -0.2) is 30.1 Å². The smallest absolute Gasteiger partial charge is 0.320 e. The second-order valence-electron chi connectivity index (χ2n) is 5.59. The molecule has 0 aliphatic heterocycles. The quantitative estimate of drug-likeness (QED) is 0.641. The van der Waals surface area contributed by atoms with Crippen LogP contribution in [0.1, 0.15) is 27.2 Å². The summed E-state index contributed by atoms with van der Waals surface area (Å²) in [5, 5.41) is 8.09. The van der Waals surface area contributed by atoms with E-state index in [0.717, 1.165) is 0 Å². The number of rotatable bonds is 6. The highest BCUT2D eigenvalue weighted by atomic mass is 35.5. The van der Waals surface area contributed by atoms with E-state index >= 15 is 0 Å². The maximum Gasteiger partial charge on any atom is 0.320 e. The van der Waals surface area contributed by atoms with Crippen LogP contribution in [0.2, 0.25) is 0 Å². The van der Waals surface area contributed by atoms with Gasteiger partial charge >= 0.3 is 6.03 Å². The van der Waals surface area contributed by atoms with Gasteiger partial charge in [-0.15, -0.1) is 12.4 Å². The molecule has 1 rings (SSSR count). The highest BCUT2D eigenvalue weighted by Gasteiger charge is 2.29. The molecule has 0 bridgehead atoms. The minimum absolute atomic E-state index is 0. The molecule has 22 heavy (non-hydrogen) atoms. The van der Waals surface area contributed by atoms with Crippen LogP contribution in [0.4, 0.5) is 10.5 Å². The van der Waals surface area contributed by atoms with E-state index in [-0.39, 0.29) is 24.4 Å². The molecule has 3 amide bonds. The topological polar surface area (TPSA) is 96.2 Å². The number of para-hydroxylation sites is 1. The van der Waals surface area contributed by atoms with E-state index in [1.54, 1.807) is 26.0 Å². The minimum atomic E-state index is -1.00. The van der Waals surface area contributed by atoms with Gasteiger partial charge in [0, 0.05) is 18.3 Å². The maximum atomic E-state index is 12.0. The molecular weight excluding hydrogens is 304 g/mol. The Hall–Kier alpha value is -1.79. The summed E-state index contributed by atoms with van der Waals surface area (Å²) in [6, 6.07) is 8.66. The lowest BCUT2D eigenvalue weighted by atomic mass is 10.0.